The van der Waals surface area contributed by atoms with E-state index in [9.17, 15) is 0 Å². The monoisotopic (exact) mass is 218 g/mol. The molecular formula is C12H11ClN2. The quantitative estimate of drug-likeness (QED) is 0.756. The van der Waals surface area contributed by atoms with E-state index in [1.807, 2.05) is 43.7 Å². The largest absolute Gasteiger partial charge is 0.275 e. The van der Waals surface area contributed by atoms with Crippen LogP contribution < -0.4 is 0 Å². The zero-order chi connectivity index (χ0) is 10.8. The second-order valence-corrected chi connectivity index (χ2v) is 3.84. The van der Waals surface area contributed by atoms with Crippen molar-refractivity contribution in [2.75, 3.05) is 0 Å². The van der Waals surface area contributed by atoms with Crippen molar-refractivity contribution in [3.8, 4) is 11.1 Å². The summed E-state index contributed by atoms with van der Waals surface area (Å²) in [5.74, 6) is 0. The number of hydrogen-bond acceptors (Lipinski definition) is 1. The fraction of sp³-hybridized carbons (Fsp3) is 0.0833. The van der Waals surface area contributed by atoms with E-state index in [0.717, 1.165) is 16.7 Å². The van der Waals surface area contributed by atoms with E-state index in [0.29, 0.717) is 5.03 Å². The molecule has 0 atom stereocenters. The van der Waals surface area contributed by atoms with Crippen molar-refractivity contribution in [2.24, 2.45) is 7.05 Å². The van der Waals surface area contributed by atoms with E-state index in [1.165, 1.54) is 0 Å². The number of benzene rings is 1. The lowest BCUT2D eigenvalue weighted by molar-refractivity contribution is 0.768. The zero-order valence-corrected chi connectivity index (χ0v) is 9.20. The predicted octanol–water partition coefficient (Wildman–Crippen LogP) is 3.30. The van der Waals surface area contributed by atoms with Gasteiger partial charge in [0.15, 0.2) is 0 Å². The number of nitrogens with zero attached hydrogens (tertiary/aromatic N) is 2. The molecule has 3 heteroatoms. The Hall–Kier alpha value is -1.54. The van der Waals surface area contributed by atoms with Gasteiger partial charge in [0.1, 0.15) is 0 Å². The van der Waals surface area contributed by atoms with Crippen molar-refractivity contribution >= 4 is 16.6 Å². The summed E-state index contributed by atoms with van der Waals surface area (Å²) in [4.78, 5) is 0. The summed E-state index contributed by atoms with van der Waals surface area (Å²) in [6, 6.07) is 7.94. The number of aryl methyl sites for hydroxylation is 1. The van der Waals surface area contributed by atoms with Crippen LogP contribution in [0, 0.1) is 0 Å². The highest BCUT2D eigenvalue weighted by atomic mass is 35.5. The van der Waals surface area contributed by atoms with Gasteiger partial charge in [-0.3, -0.25) is 4.68 Å². The van der Waals surface area contributed by atoms with Crippen molar-refractivity contribution in [3.63, 3.8) is 0 Å². The number of hydrogen-bond donors (Lipinski definition) is 0. The summed E-state index contributed by atoms with van der Waals surface area (Å²) >= 11 is 5.79. The van der Waals surface area contributed by atoms with Gasteiger partial charge < -0.3 is 0 Å². The van der Waals surface area contributed by atoms with E-state index in [-0.39, 0.29) is 0 Å². The lowest BCUT2D eigenvalue weighted by Gasteiger charge is -2.00. The summed E-state index contributed by atoms with van der Waals surface area (Å²) < 4.78 is 1.78. The fourth-order valence-electron chi connectivity index (χ4n) is 1.41. The van der Waals surface area contributed by atoms with Gasteiger partial charge in [0.25, 0.3) is 0 Å². The van der Waals surface area contributed by atoms with E-state index >= 15 is 0 Å². The highest BCUT2D eigenvalue weighted by Gasteiger charge is 2.00. The number of rotatable bonds is 2. The fourth-order valence-corrected chi connectivity index (χ4v) is 1.54. The van der Waals surface area contributed by atoms with Crippen molar-refractivity contribution < 1.29 is 0 Å². The molecule has 2 rings (SSSR count). The SMILES string of the molecule is C=C(Cl)c1ccc(-c2cnn(C)c2)cc1. The summed E-state index contributed by atoms with van der Waals surface area (Å²) in [7, 11) is 1.90. The number of halogens is 1. The molecule has 76 valence electrons. The van der Waals surface area contributed by atoms with Crippen molar-refractivity contribution in [1.29, 1.82) is 0 Å². The first-order valence-corrected chi connectivity index (χ1v) is 4.98. The number of aromatic nitrogens is 2. The van der Waals surface area contributed by atoms with Gasteiger partial charge in [-0.1, -0.05) is 42.4 Å². The molecule has 0 saturated carbocycles. The molecule has 2 aromatic rings. The third kappa shape index (κ3) is 2.10. The third-order valence-corrected chi connectivity index (χ3v) is 2.45. The van der Waals surface area contributed by atoms with Crippen LogP contribution >= 0.6 is 11.6 Å². The second-order valence-electron chi connectivity index (χ2n) is 3.38. The lowest BCUT2D eigenvalue weighted by atomic mass is 10.1. The van der Waals surface area contributed by atoms with Gasteiger partial charge in [-0.05, 0) is 11.1 Å². The van der Waals surface area contributed by atoms with Crippen LogP contribution in [0.2, 0.25) is 0 Å². The van der Waals surface area contributed by atoms with E-state index in [2.05, 4.69) is 11.7 Å². The second kappa shape index (κ2) is 3.91. The maximum Gasteiger partial charge on any atom is 0.0568 e. The lowest BCUT2D eigenvalue weighted by Crippen LogP contribution is -1.84. The Bertz CT molecular complexity index is 483. The first-order chi connectivity index (χ1) is 7.16. The van der Waals surface area contributed by atoms with Crippen LogP contribution in [0.4, 0.5) is 0 Å². The van der Waals surface area contributed by atoms with Gasteiger partial charge in [-0.15, -0.1) is 0 Å². The molecule has 0 aliphatic heterocycles. The Kier molecular flexibility index (Phi) is 2.60. The van der Waals surface area contributed by atoms with Crippen molar-refractivity contribution in [1.82, 2.24) is 9.78 Å². The molecule has 0 bridgehead atoms. The van der Waals surface area contributed by atoms with Gasteiger partial charge in [0.2, 0.25) is 0 Å². The molecule has 1 heterocycles. The molecule has 0 N–H and O–H groups in total. The first kappa shape index (κ1) is 9.99. The maximum absolute atomic E-state index is 5.79. The van der Waals surface area contributed by atoms with E-state index in [1.54, 1.807) is 4.68 Å². The highest BCUT2D eigenvalue weighted by Crippen LogP contribution is 2.22. The van der Waals surface area contributed by atoms with Crippen LogP contribution in [0.3, 0.4) is 0 Å². The molecule has 0 amide bonds. The van der Waals surface area contributed by atoms with Gasteiger partial charge in [0, 0.05) is 23.8 Å². The summed E-state index contributed by atoms with van der Waals surface area (Å²) in [5, 5.41) is 4.69. The minimum absolute atomic E-state index is 0.563. The molecule has 0 aliphatic carbocycles. The highest BCUT2D eigenvalue weighted by molar-refractivity contribution is 6.48. The normalized spacial score (nSPS) is 10.3. The Labute approximate surface area is 93.8 Å². The van der Waals surface area contributed by atoms with Crippen LogP contribution in [-0.2, 0) is 7.05 Å². The van der Waals surface area contributed by atoms with Crippen LogP contribution in [0.25, 0.3) is 16.2 Å². The predicted molar refractivity (Wildman–Crippen MR) is 63.5 cm³/mol. The summed E-state index contributed by atoms with van der Waals surface area (Å²) in [5.41, 5.74) is 3.18. The molecule has 0 radical (unpaired) electrons. The smallest absolute Gasteiger partial charge is 0.0568 e. The Morgan fingerprint density at radius 2 is 1.93 bits per heavy atom. The molecule has 0 unspecified atom stereocenters. The van der Waals surface area contributed by atoms with Gasteiger partial charge in [0.05, 0.1) is 6.20 Å². The standard InChI is InChI=1S/C12H11ClN2/c1-9(13)10-3-5-11(6-4-10)12-7-14-15(2)8-12/h3-8H,1H2,2H3. The van der Waals surface area contributed by atoms with Gasteiger partial charge in [-0.25, -0.2) is 0 Å². The molecular weight excluding hydrogens is 208 g/mol. The molecule has 0 spiro atoms. The Balaban J connectivity index is 2.35. The summed E-state index contributed by atoms with van der Waals surface area (Å²) in [6.45, 7) is 3.68. The molecule has 0 saturated heterocycles. The minimum atomic E-state index is 0.563. The van der Waals surface area contributed by atoms with Gasteiger partial charge in [-0.2, -0.15) is 5.10 Å². The topological polar surface area (TPSA) is 17.8 Å². The molecule has 2 nitrogen and oxygen atoms in total. The summed E-state index contributed by atoms with van der Waals surface area (Å²) in [6.07, 6.45) is 3.81. The van der Waals surface area contributed by atoms with Crippen molar-refractivity contribution in [2.45, 2.75) is 0 Å². The van der Waals surface area contributed by atoms with Crippen LogP contribution in [-0.4, -0.2) is 9.78 Å². The molecule has 1 aromatic carbocycles. The Morgan fingerprint density at radius 3 is 2.40 bits per heavy atom. The molecule has 0 fully saturated rings. The molecule has 15 heavy (non-hydrogen) atoms. The zero-order valence-electron chi connectivity index (χ0n) is 8.44. The average molecular weight is 219 g/mol. The van der Waals surface area contributed by atoms with E-state index < -0.39 is 0 Å². The third-order valence-electron chi connectivity index (χ3n) is 2.24. The minimum Gasteiger partial charge on any atom is -0.275 e. The van der Waals surface area contributed by atoms with Crippen LogP contribution in [0.5, 0.6) is 0 Å². The Morgan fingerprint density at radius 1 is 1.27 bits per heavy atom. The van der Waals surface area contributed by atoms with E-state index in [4.69, 9.17) is 11.6 Å². The maximum atomic E-state index is 5.79. The van der Waals surface area contributed by atoms with Crippen LogP contribution in [0.1, 0.15) is 5.56 Å². The first-order valence-electron chi connectivity index (χ1n) is 4.60. The van der Waals surface area contributed by atoms with Crippen molar-refractivity contribution in [3.05, 3.63) is 48.8 Å². The molecule has 0 aliphatic rings. The molecule has 1 aromatic heterocycles. The average Bonchev–Trinajstić information content (AvgIpc) is 2.65. The van der Waals surface area contributed by atoms with Crippen LogP contribution in [0.15, 0.2) is 43.2 Å². The van der Waals surface area contributed by atoms with Gasteiger partial charge >= 0.3 is 0 Å².